The number of piperazine rings is 1. The van der Waals surface area contributed by atoms with Crippen molar-refractivity contribution in [1.82, 2.24) is 10.2 Å². The topological polar surface area (TPSA) is 61.4 Å². The normalized spacial score (nSPS) is 13.6. The van der Waals surface area contributed by atoms with Crippen molar-refractivity contribution in [2.45, 2.75) is 11.8 Å². The molecule has 2 amide bonds. The summed E-state index contributed by atoms with van der Waals surface area (Å²) in [7, 11) is 0. The highest BCUT2D eigenvalue weighted by Crippen LogP contribution is 2.24. The Morgan fingerprint density at radius 3 is 2.44 bits per heavy atom. The molecule has 0 radical (unpaired) electrons. The summed E-state index contributed by atoms with van der Waals surface area (Å²) >= 11 is 1.39. The van der Waals surface area contributed by atoms with Crippen molar-refractivity contribution in [3.63, 3.8) is 0 Å². The van der Waals surface area contributed by atoms with E-state index in [1.807, 2.05) is 60.4 Å². The van der Waals surface area contributed by atoms with Gasteiger partial charge in [0.25, 0.3) is 5.91 Å². The zero-order valence-electron chi connectivity index (χ0n) is 15.2. The number of nitrogens with zero attached hydrogens (tertiary/aromatic N) is 1. The zero-order valence-corrected chi connectivity index (χ0v) is 16.9. The standard InChI is InChI=1S/C20H23N3O2S.ClH/c1-15-6-8-16(9-7-15)22-19(24)14-26-18-5-3-2-4-17(18)20(25)23-12-10-21-11-13-23;/h2-9,21H,10-14H2,1H3,(H,22,24);1H. The predicted octanol–water partition coefficient (Wildman–Crippen LogP) is 3.19. The molecule has 1 aliphatic rings. The van der Waals surface area contributed by atoms with Crippen LogP contribution in [-0.4, -0.2) is 48.6 Å². The molecule has 1 heterocycles. The molecule has 1 fully saturated rings. The van der Waals surface area contributed by atoms with Crippen LogP contribution in [0, 0.1) is 6.92 Å². The number of hydrogen-bond donors (Lipinski definition) is 2. The highest BCUT2D eigenvalue weighted by atomic mass is 35.5. The number of rotatable bonds is 5. The average molecular weight is 406 g/mol. The van der Waals surface area contributed by atoms with Gasteiger partial charge in [0.15, 0.2) is 0 Å². The molecule has 0 spiro atoms. The van der Waals surface area contributed by atoms with Crippen LogP contribution in [0.5, 0.6) is 0 Å². The summed E-state index contributed by atoms with van der Waals surface area (Å²) in [6.45, 7) is 5.07. The molecule has 27 heavy (non-hydrogen) atoms. The minimum Gasteiger partial charge on any atom is -0.336 e. The van der Waals surface area contributed by atoms with Crippen molar-refractivity contribution in [1.29, 1.82) is 0 Å². The van der Waals surface area contributed by atoms with Crippen molar-refractivity contribution in [2.75, 3.05) is 37.2 Å². The molecule has 0 aromatic heterocycles. The first-order valence-corrected chi connectivity index (χ1v) is 9.70. The first-order valence-electron chi connectivity index (χ1n) is 8.72. The Kier molecular flexibility index (Phi) is 8.16. The minimum atomic E-state index is -0.0803. The van der Waals surface area contributed by atoms with Gasteiger partial charge >= 0.3 is 0 Å². The minimum absolute atomic E-state index is 0. The van der Waals surface area contributed by atoms with Gasteiger partial charge in [0.1, 0.15) is 0 Å². The summed E-state index contributed by atoms with van der Waals surface area (Å²) in [6, 6.07) is 15.2. The van der Waals surface area contributed by atoms with E-state index in [4.69, 9.17) is 0 Å². The predicted molar refractivity (Wildman–Crippen MR) is 113 cm³/mol. The van der Waals surface area contributed by atoms with Gasteiger partial charge in [-0.3, -0.25) is 9.59 Å². The van der Waals surface area contributed by atoms with Crippen molar-refractivity contribution < 1.29 is 9.59 Å². The quantitative estimate of drug-likeness (QED) is 0.750. The molecule has 1 aliphatic heterocycles. The van der Waals surface area contributed by atoms with E-state index in [0.717, 1.165) is 29.2 Å². The van der Waals surface area contributed by atoms with Gasteiger partial charge in [-0.1, -0.05) is 29.8 Å². The first-order chi connectivity index (χ1) is 12.6. The summed E-state index contributed by atoms with van der Waals surface area (Å²) in [5, 5.41) is 6.14. The van der Waals surface area contributed by atoms with Crippen LogP contribution in [0.2, 0.25) is 0 Å². The highest BCUT2D eigenvalue weighted by molar-refractivity contribution is 8.00. The number of benzene rings is 2. The third-order valence-corrected chi connectivity index (χ3v) is 5.29. The SMILES string of the molecule is Cc1ccc(NC(=O)CSc2ccccc2C(=O)N2CCNCC2)cc1.Cl. The molecule has 5 nitrogen and oxygen atoms in total. The van der Waals surface area contributed by atoms with Gasteiger partial charge in [-0.25, -0.2) is 0 Å². The van der Waals surface area contributed by atoms with Crippen LogP contribution in [0.3, 0.4) is 0 Å². The Hall–Kier alpha value is -2.02. The molecule has 3 rings (SSSR count). The fourth-order valence-electron chi connectivity index (χ4n) is 2.78. The van der Waals surface area contributed by atoms with Gasteiger partial charge in [0.2, 0.25) is 5.91 Å². The molecular weight excluding hydrogens is 382 g/mol. The Morgan fingerprint density at radius 1 is 1.07 bits per heavy atom. The lowest BCUT2D eigenvalue weighted by Gasteiger charge is -2.28. The molecule has 2 aromatic rings. The lowest BCUT2D eigenvalue weighted by Crippen LogP contribution is -2.46. The molecule has 144 valence electrons. The first kappa shape index (κ1) is 21.3. The molecule has 0 unspecified atom stereocenters. The smallest absolute Gasteiger partial charge is 0.255 e. The maximum Gasteiger partial charge on any atom is 0.255 e. The molecule has 0 bridgehead atoms. The second-order valence-corrected chi connectivity index (χ2v) is 7.26. The zero-order chi connectivity index (χ0) is 18.4. The number of thioether (sulfide) groups is 1. The molecule has 0 aliphatic carbocycles. The van der Waals surface area contributed by atoms with E-state index in [0.29, 0.717) is 18.7 Å². The largest absolute Gasteiger partial charge is 0.336 e. The number of halogens is 1. The van der Waals surface area contributed by atoms with Gasteiger partial charge in [-0.2, -0.15) is 0 Å². The van der Waals surface area contributed by atoms with E-state index in [9.17, 15) is 9.59 Å². The average Bonchev–Trinajstić information content (AvgIpc) is 2.68. The molecular formula is C20H24ClN3O2S. The number of hydrogen-bond acceptors (Lipinski definition) is 4. The summed E-state index contributed by atoms with van der Waals surface area (Å²) in [5.74, 6) is 0.219. The second-order valence-electron chi connectivity index (χ2n) is 6.24. The number of anilines is 1. The van der Waals surface area contributed by atoms with Gasteiger partial charge < -0.3 is 15.5 Å². The van der Waals surface area contributed by atoms with Crippen LogP contribution in [0.15, 0.2) is 53.4 Å². The molecule has 1 saturated heterocycles. The van der Waals surface area contributed by atoms with Crippen molar-refractivity contribution in [3.8, 4) is 0 Å². The van der Waals surface area contributed by atoms with Crippen LogP contribution in [0.4, 0.5) is 5.69 Å². The summed E-state index contributed by atoms with van der Waals surface area (Å²) < 4.78 is 0. The number of aryl methyl sites for hydroxylation is 1. The fourth-order valence-corrected chi connectivity index (χ4v) is 3.63. The van der Waals surface area contributed by atoms with Gasteiger partial charge in [0, 0.05) is 36.8 Å². The molecule has 0 atom stereocenters. The van der Waals surface area contributed by atoms with Crippen LogP contribution >= 0.6 is 24.2 Å². The monoisotopic (exact) mass is 405 g/mol. The number of amides is 2. The molecule has 0 saturated carbocycles. The highest BCUT2D eigenvalue weighted by Gasteiger charge is 2.20. The maximum absolute atomic E-state index is 12.8. The maximum atomic E-state index is 12.8. The van der Waals surface area contributed by atoms with Crippen molar-refractivity contribution in [2.24, 2.45) is 0 Å². The third-order valence-electron chi connectivity index (χ3n) is 4.22. The van der Waals surface area contributed by atoms with E-state index in [-0.39, 0.29) is 30.0 Å². The fraction of sp³-hybridized carbons (Fsp3) is 0.300. The van der Waals surface area contributed by atoms with E-state index in [1.54, 1.807) is 0 Å². The Balaban J connectivity index is 0.00000261. The second kappa shape index (κ2) is 10.3. The van der Waals surface area contributed by atoms with Crippen LogP contribution in [0.25, 0.3) is 0 Å². The molecule has 2 N–H and O–H groups in total. The summed E-state index contributed by atoms with van der Waals surface area (Å²) in [5.41, 5.74) is 2.60. The lowest BCUT2D eigenvalue weighted by molar-refractivity contribution is -0.113. The number of carbonyl (C=O) groups excluding carboxylic acids is 2. The Labute approximate surface area is 170 Å². The third kappa shape index (κ3) is 5.99. The van der Waals surface area contributed by atoms with Crippen molar-refractivity contribution >= 4 is 41.7 Å². The van der Waals surface area contributed by atoms with E-state index in [2.05, 4.69) is 10.6 Å². The molecule has 2 aromatic carbocycles. The van der Waals surface area contributed by atoms with E-state index >= 15 is 0 Å². The van der Waals surface area contributed by atoms with Gasteiger partial charge in [-0.05, 0) is 31.2 Å². The van der Waals surface area contributed by atoms with Crippen LogP contribution < -0.4 is 10.6 Å². The Bertz CT molecular complexity index is 777. The van der Waals surface area contributed by atoms with Crippen molar-refractivity contribution in [3.05, 3.63) is 59.7 Å². The van der Waals surface area contributed by atoms with E-state index in [1.165, 1.54) is 11.8 Å². The summed E-state index contributed by atoms with van der Waals surface area (Å²) in [4.78, 5) is 27.7. The van der Waals surface area contributed by atoms with E-state index < -0.39 is 0 Å². The molecule has 7 heteroatoms. The van der Waals surface area contributed by atoms with Gasteiger partial charge in [-0.15, -0.1) is 24.2 Å². The summed E-state index contributed by atoms with van der Waals surface area (Å²) in [6.07, 6.45) is 0. The lowest BCUT2D eigenvalue weighted by atomic mass is 10.2. The Morgan fingerprint density at radius 2 is 1.74 bits per heavy atom. The number of carbonyl (C=O) groups is 2. The number of nitrogens with one attached hydrogen (secondary N) is 2. The van der Waals surface area contributed by atoms with Gasteiger partial charge in [0.05, 0.1) is 11.3 Å². The van der Waals surface area contributed by atoms with Crippen LogP contribution in [-0.2, 0) is 4.79 Å². The van der Waals surface area contributed by atoms with Crippen LogP contribution in [0.1, 0.15) is 15.9 Å².